The second kappa shape index (κ2) is 12.6. The minimum atomic E-state index is -1.11. The van der Waals surface area contributed by atoms with E-state index in [4.69, 9.17) is 0 Å². The van der Waals surface area contributed by atoms with E-state index in [0.29, 0.717) is 25.7 Å². The van der Waals surface area contributed by atoms with Crippen molar-refractivity contribution >= 4 is 11.9 Å². The van der Waals surface area contributed by atoms with Crippen molar-refractivity contribution in [1.82, 2.24) is 0 Å². The lowest BCUT2D eigenvalue weighted by atomic mass is 9.51. The quantitative estimate of drug-likeness (QED) is 0.278. The van der Waals surface area contributed by atoms with E-state index < -0.39 is 22.8 Å². The van der Waals surface area contributed by atoms with Gasteiger partial charge in [0.15, 0.2) is 0 Å². The minimum absolute atomic E-state index is 0.179. The van der Waals surface area contributed by atoms with Crippen molar-refractivity contribution in [2.75, 3.05) is 0 Å². The minimum Gasteiger partial charge on any atom is -0.481 e. The van der Waals surface area contributed by atoms with Crippen LogP contribution in [0.15, 0.2) is 0 Å². The summed E-state index contributed by atoms with van der Waals surface area (Å²) in [7, 11) is 0. The molecule has 0 bridgehead atoms. The molecule has 4 nitrogen and oxygen atoms in total. The van der Waals surface area contributed by atoms with E-state index >= 15 is 0 Å². The third-order valence-electron chi connectivity index (χ3n) is 7.08. The molecule has 0 amide bonds. The summed E-state index contributed by atoms with van der Waals surface area (Å²) in [6.07, 6.45) is 14.3. The molecule has 2 atom stereocenters. The van der Waals surface area contributed by atoms with Gasteiger partial charge in [-0.25, -0.2) is 0 Å². The number of carbonyl (C=O) groups is 2. The third kappa shape index (κ3) is 7.29. The van der Waals surface area contributed by atoms with Crippen LogP contribution in [0.3, 0.4) is 0 Å². The van der Waals surface area contributed by atoms with Crippen LogP contribution in [0.5, 0.6) is 0 Å². The second-order valence-electron chi connectivity index (χ2n) is 10.3. The van der Waals surface area contributed by atoms with E-state index in [1.54, 1.807) is 0 Å². The molecule has 1 rings (SSSR count). The van der Waals surface area contributed by atoms with Crippen LogP contribution in [0.4, 0.5) is 0 Å². The number of hydrogen-bond donors (Lipinski definition) is 2. The largest absolute Gasteiger partial charge is 0.481 e. The fourth-order valence-corrected chi connectivity index (χ4v) is 5.55. The van der Waals surface area contributed by atoms with Gasteiger partial charge in [0, 0.05) is 0 Å². The molecule has 1 fully saturated rings. The molecule has 2 N–H and O–H groups in total. The molecule has 0 saturated heterocycles. The van der Waals surface area contributed by atoms with Gasteiger partial charge in [0.25, 0.3) is 0 Å². The average molecular weight is 411 g/mol. The summed E-state index contributed by atoms with van der Waals surface area (Å²) in [5.74, 6) is -0.802. The highest BCUT2D eigenvalue weighted by molar-refractivity contribution is 5.87. The first-order valence-corrected chi connectivity index (χ1v) is 12.1. The van der Waals surface area contributed by atoms with Gasteiger partial charge in [-0.15, -0.1) is 0 Å². The predicted octanol–water partition coefficient (Wildman–Crippen LogP) is 7.31. The highest BCUT2D eigenvalue weighted by Gasteiger charge is 2.61. The summed E-state index contributed by atoms with van der Waals surface area (Å²) < 4.78 is 0. The first kappa shape index (κ1) is 26.0. The Labute approximate surface area is 178 Å². The number of carboxylic acid groups (broad SMARTS) is 2. The van der Waals surface area contributed by atoms with Crippen molar-refractivity contribution in [2.24, 2.45) is 22.7 Å². The molecule has 170 valence electrons. The Hall–Kier alpha value is -1.06. The predicted molar refractivity (Wildman–Crippen MR) is 119 cm³/mol. The summed E-state index contributed by atoms with van der Waals surface area (Å²) in [5.41, 5.74) is -2.21. The Bertz CT molecular complexity index is 499. The monoisotopic (exact) mass is 410 g/mol. The molecule has 29 heavy (non-hydrogen) atoms. The highest BCUT2D eigenvalue weighted by atomic mass is 16.4. The number of hydrogen-bond acceptors (Lipinski definition) is 2. The summed E-state index contributed by atoms with van der Waals surface area (Å²) >= 11 is 0. The van der Waals surface area contributed by atoms with E-state index in [9.17, 15) is 19.8 Å². The van der Waals surface area contributed by atoms with Crippen LogP contribution >= 0.6 is 0 Å². The van der Waals surface area contributed by atoms with E-state index in [2.05, 4.69) is 13.8 Å². The van der Waals surface area contributed by atoms with Crippen molar-refractivity contribution in [3.8, 4) is 0 Å². The van der Waals surface area contributed by atoms with Crippen LogP contribution < -0.4 is 0 Å². The van der Waals surface area contributed by atoms with Gasteiger partial charge >= 0.3 is 11.9 Å². The molecule has 0 radical (unpaired) electrons. The normalized spacial score (nSPS) is 24.9. The summed E-state index contributed by atoms with van der Waals surface area (Å²) in [6.45, 7) is 8.56. The Kier molecular flexibility index (Phi) is 11.3. The fourth-order valence-electron chi connectivity index (χ4n) is 5.55. The van der Waals surface area contributed by atoms with Crippen molar-refractivity contribution in [1.29, 1.82) is 0 Å². The molecule has 1 saturated carbocycles. The number of carboxylic acids is 2. The van der Waals surface area contributed by atoms with Gasteiger partial charge in [0.2, 0.25) is 0 Å². The van der Waals surface area contributed by atoms with Crippen LogP contribution in [0, 0.1) is 22.7 Å². The lowest BCUT2D eigenvalue weighted by Crippen LogP contribution is -2.55. The fraction of sp³-hybridized carbons (Fsp3) is 0.920. The molecule has 1 aliphatic carbocycles. The van der Waals surface area contributed by atoms with Gasteiger partial charge in [-0.2, -0.15) is 0 Å². The van der Waals surface area contributed by atoms with Crippen molar-refractivity contribution in [3.05, 3.63) is 0 Å². The topological polar surface area (TPSA) is 74.6 Å². The van der Waals surface area contributed by atoms with Crippen molar-refractivity contribution < 1.29 is 19.8 Å². The zero-order chi connectivity index (χ0) is 21.9. The Balaban J connectivity index is 2.56. The Morgan fingerprint density at radius 1 is 0.690 bits per heavy atom. The van der Waals surface area contributed by atoms with E-state index in [-0.39, 0.29) is 5.92 Å². The highest BCUT2D eigenvalue weighted by Crippen LogP contribution is 2.57. The molecule has 0 aromatic rings. The standard InChI is InChI=1S/C25H46O4/c1-20(2)15-11-9-7-5-6-8-10-12-16-24(22(26)27)17-13-14-18-25(24,23(28)29)19-21(3)4/h20-21H,5-19H2,1-4H3,(H,26,27)(H,28,29). The molecule has 0 spiro atoms. The third-order valence-corrected chi connectivity index (χ3v) is 7.08. The number of aliphatic carboxylic acids is 2. The first-order chi connectivity index (χ1) is 13.7. The molecular weight excluding hydrogens is 364 g/mol. The van der Waals surface area contributed by atoms with Crippen molar-refractivity contribution in [3.63, 3.8) is 0 Å². The van der Waals surface area contributed by atoms with Gasteiger partial charge < -0.3 is 10.2 Å². The zero-order valence-electron chi connectivity index (χ0n) is 19.5. The van der Waals surface area contributed by atoms with E-state index in [1.165, 1.54) is 38.5 Å². The van der Waals surface area contributed by atoms with Gasteiger partial charge in [-0.3, -0.25) is 9.59 Å². The molecule has 4 heteroatoms. The number of rotatable bonds is 15. The smallest absolute Gasteiger partial charge is 0.310 e. The molecule has 0 aromatic carbocycles. The van der Waals surface area contributed by atoms with Gasteiger partial charge in [-0.05, 0) is 37.5 Å². The summed E-state index contributed by atoms with van der Waals surface area (Å²) in [6, 6.07) is 0. The maximum absolute atomic E-state index is 12.4. The number of unbranched alkanes of at least 4 members (excludes halogenated alkanes) is 7. The van der Waals surface area contributed by atoms with E-state index in [0.717, 1.165) is 38.0 Å². The Morgan fingerprint density at radius 2 is 1.14 bits per heavy atom. The maximum atomic E-state index is 12.4. The van der Waals surface area contributed by atoms with Crippen LogP contribution in [-0.4, -0.2) is 22.2 Å². The molecule has 0 heterocycles. The first-order valence-electron chi connectivity index (χ1n) is 12.1. The van der Waals surface area contributed by atoms with Gasteiger partial charge in [-0.1, -0.05) is 98.3 Å². The molecule has 0 aromatic heterocycles. The molecular formula is C25H46O4. The summed E-state index contributed by atoms with van der Waals surface area (Å²) in [4.78, 5) is 24.8. The van der Waals surface area contributed by atoms with Crippen LogP contribution in [0.2, 0.25) is 0 Å². The van der Waals surface area contributed by atoms with Crippen LogP contribution in [0.25, 0.3) is 0 Å². The summed E-state index contributed by atoms with van der Waals surface area (Å²) in [5, 5.41) is 20.3. The molecule has 0 aliphatic heterocycles. The Morgan fingerprint density at radius 3 is 1.59 bits per heavy atom. The van der Waals surface area contributed by atoms with E-state index in [1.807, 2.05) is 13.8 Å². The maximum Gasteiger partial charge on any atom is 0.310 e. The average Bonchev–Trinajstić information content (AvgIpc) is 2.63. The second-order valence-corrected chi connectivity index (χ2v) is 10.3. The van der Waals surface area contributed by atoms with Crippen LogP contribution in [-0.2, 0) is 9.59 Å². The lowest BCUT2D eigenvalue weighted by molar-refractivity contribution is -0.183. The van der Waals surface area contributed by atoms with Gasteiger partial charge in [0.1, 0.15) is 0 Å². The van der Waals surface area contributed by atoms with Crippen LogP contribution in [0.1, 0.15) is 124 Å². The SMILES string of the molecule is CC(C)CCCCCCCCCCC1(C(=O)O)CCCCC1(CC(C)C)C(=O)O. The molecule has 1 aliphatic rings. The van der Waals surface area contributed by atoms with Crippen molar-refractivity contribution in [2.45, 2.75) is 124 Å². The lowest BCUT2D eigenvalue weighted by Gasteiger charge is -2.49. The molecule has 2 unspecified atom stereocenters. The van der Waals surface area contributed by atoms with Gasteiger partial charge in [0.05, 0.1) is 10.8 Å². The zero-order valence-corrected chi connectivity index (χ0v) is 19.5.